The van der Waals surface area contributed by atoms with E-state index in [4.69, 9.17) is 5.11 Å². The van der Waals surface area contributed by atoms with Crippen LogP contribution in [0.5, 0.6) is 0 Å². The lowest BCUT2D eigenvalue weighted by atomic mass is 10.1. The van der Waals surface area contributed by atoms with Gasteiger partial charge in [-0.05, 0) is 28.1 Å². The molecule has 0 unspecified atom stereocenters. The number of rotatable bonds is 3. The minimum absolute atomic E-state index is 0.0936. The van der Waals surface area contributed by atoms with Crippen molar-refractivity contribution in [3.8, 4) is 11.3 Å². The standard InChI is InChI=1S/C13H13BrN4O/c1-18-11(4-5-19)17-12(13(18)14)8-2-3-9-10(6-8)16-7-15-9/h2-3,6-7,19H,4-5H2,1H3,(H,15,16). The first-order chi connectivity index (χ1) is 9.20. The normalized spacial score (nSPS) is 11.3. The number of nitrogens with zero attached hydrogens (tertiary/aromatic N) is 3. The van der Waals surface area contributed by atoms with E-state index in [0.717, 1.165) is 32.7 Å². The average molecular weight is 321 g/mol. The van der Waals surface area contributed by atoms with Crippen LogP contribution in [0.4, 0.5) is 0 Å². The molecular weight excluding hydrogens is 308 g/mol. The second-order valence-electron chi connectivity index (χ2n) is 4.33. The van der Waals surface area contributed by atoms with E-state index in [1.54, 1.807) is 6.33 Å². The van der Waals surface area contributed by atoms with Gasteiger partial charge in [0.2, 0.25) is 0 Å². The van der Waals surface area contributed by atoms with Crippen molar-refractivity contribution >= 4 is 27.0 Å². The lowest BCUT2D eigenvalue weighted by Crippen LogP contribution is -2.00. The second-order valence-corrected chi connectivity index (χ2v) is 5.09. The Morgan fingerprint density at radius 2 is 2.26 bits per heavy atom. The Morgan fingerprint density at radius 3 is 3.05 bits per heavy atom. The molecule has 2 N–H and O–H groups in total. The number of imidazole rings is 2. The smallest absolute Gasteiger partial charge is 0.112 e. The number of nitrogens with one attached hydrogen (secondary N) is 1. The van der Waals surface area contributed by atoms with Crippen LogP contribution >= 0.6 is 15.9 Å². The van der Waals surface area contributed by atoms with Crippen molar-refractivity contribution in [2.45, 2.75) is 6.42 Å². The Bertz CT molecular complexity index is 731. The van der Waals surface area contributed by atoms with E-state index >= 15 is 0 Å². The third-order valence-corrected chi connectivity index (χ3v) is 4.05. The Kier molecular flexibility index (Phi) is 3.12. The molecule has 6 heteroatoms. The van der Waals surface area contributed by atoms with E-state index < -0.39 is 0 Å². The monoisotopic (exact) mass is 320 g/mol. The SMILES string of the molecule is Cn1c(CCO)nc(-c2ccc3nc[nH]c3c2)c1Br. The number of aromatic nitrogens is 4. The maximum atomic E-state index is 9.05. The van der Waals surface area contributed by atoms with Crippen LogP contribution in [-0.2, 0) is 13.5 Å². The van der Waals surface area contributed by atoms with Gasteiger partial charge in [0.15, 0.2) is 0 Å². The van der Waals surface area contributed by atoms with Crippen LogP contribution in [0.3, 0.4) is 0 Å². The second kappa shape index (κ2) is 4.79. The highest BCUT2D eigenvalue weighted by Gasteiger charge is 2.14. The number of aromatic amines is 1. The molecule has 0 saturated heterocycles. The lowest BCUT2D eigenvalue weighted by Gasteiger charge is -2.00. The summed E-state index contributed by atoms with van der Waals surface area (Å²) in [5.74, 6) is 0.856. The molecule has 0 aliphatic rings. The molecule has 0 atom stereocenters. The third-order valence-electron chi connectivity index (χ3n) is 3.15. The zero-order valence-electron chi connectivity index (χ0n) is 10.4. The number of benzene rings is 1. The van der Waals surface area contributed by atoms with E-state index in [0.29, 0.717) is 6.42 Å². The quantitative estimate of drug-likeness (QED) is 0.778. The van der Waals surface area contributed by atoms with Crippen molar-refractivity contribution in [2.75, 3.05) is 6.61 Å². The Balaban J connectivity index is 2.12. The van der Waals surface area contributed by atoms with Crippen molar-refractivity contribution in [1.82, 2.24) is 19.5 Å². The van der Waals surface area contributed by atoms with Crippen LogP contribution in [0.1, 0.15) is 5.82 Å². The van der Waals surface area contributed by atoms with Crippen molar-refractivity contribution in [3.05, 3.63) is 35.0 Å². The molecule has 0 amide bonds. The van der Waals surface area contributed by atoms with Crippen LogP contribution in [-0.4, -0.2) is 31.2 Å². The van der Waals surface area contributed by atoms with Crippen molar-refractivity contribution in [3.63, 3.8) is 0 Å². The van der Waals surface area contributed by atoms with Crippen molar-refractivity contribution in [2.24, 2.45) is 7.05 Å². The number of hydrogen-bond donors (Lipinski definition) is 2. The molecule has 3 aromatic rings. The largest absolute Gasteiger partial charge is 0.396 e. The summed E-state index contributed by atoms with van der Waals surface area (Å²) in [6, 6.07) is 5.99. The molecule has 0 aliphatic heterocycles. The van der Waals surface area contributed by atoms with Gasteiger partial charge in [-0.2, -0.15) is 0 Å². The van der Waals surface area contributed by atoms with Gasteiger partial charge in [-0.1, -0.05) is 6.07 Å². The number of H-pyrrole nitrogens is 1. The Morgan fingerprint density at radius 1 is 1.42 bits per heavy atom. The van der Waals surface area contributed by atoms with Gasteiger partial charge in [-0.25, -0.2) is 9.97 Å². The minimum atomic E-state index is 0.0936. The summed E-state index contributed by atoms with van der Waals surface area (Å²) in [7, 11) is 1.93. The molecule has 0 saturated carbocycles. The summed E-state index contributed by atoms with van der Waals surface area (Å²) in [4.78, 5) is 11.9. The van der Waals surface area contributed by atoms with E-state index in [1.807, 2.05) is 29.8 Å². The van der Waals surface area contributed by atoms with Crippen LogP contribution in [0.15, 0.2) is 29.1 Å². The minimum Gasteiger partial charge on any atom is -0.396 e. The van der Waals surface area contributed by atoms with Gasteiger partial charge >= 0.3 is 0 Å². The molecule has 3 rings (SSSR count). The van der Waals surface area contributed by atoms with Crippen LogP contribution in [0.25, 0.3) is 22.3 Å². The molecule has 1 aromatic carbocycles. The van der Waals surface area contributed by atoms with Gasteiger partial charge in [-0.3, -0.25) is 0 Å². The highest BCUT2D eigenvalue weighted by Crippen LogP contribution is 2.29. The molecule has 0 fully saturated rings. The van der Waals surface area contributed by atoms with Crippen molar-refractivity contribution in [1.29, 1.82) is 0 Å². The van der Waals surface area contributed by atoms with E-state index in [2.05, 4.69) is 30.9 Å². The third kappa shape index (κ3) is 2.06. The van der Waals surface area contributed by atoms with Gasteiger partial charge in [0.25, 0.3) is 0 Å². The molecule has 0 radical (unpaired) electrons. The Labute approximate surface area is 118 Å². The maximum absolute atomic E-state index is 9.05. The van der Waals surface area contributed by atoms with Crippen LogP contribution in [0, 0.1) is 0 Å². The number of aliphatic hydroxyl groups excluding tert-OH is 1. The summed E-state index contributed by atoms with van der Waals surface area (Å²) >= 11 is 3.56. The van der Waals surface area contributed by atoms with E-state index in [1.165, 1.54) is 0 Å². The summed E-state index contributed by atoms with van der Waals surface area (Å²) in [6.07, 6.45) is 2.22. The maximum Gasteiger partial charge on any atom is 0.112 e. The molecule has 0 bridgehead atoms. The van der Waals surface area contributed by atoms with E-state index in [-0.39, 0.29) is 6.61 Å². The van der Waals surface area contributed by atoms with Gasteiger partial charge in [0.1, 0.15) is 16.1 Å². The fourth-order valence-corrected chi connectivity index (χ4v) is 2.63. The number of fused-ring (bicyclic) bond motifs is 1. The summed E-state index contributed by atoms with van der Waals surface area (Å²) in [5, 5.41) is 9.05. The Hall–Kier alpha value is -1.66. The molecule has 0 spiro atoms. The lowest BCUT2D eigenvalue weighted by molar-refractivity contribution is 0.295. The van der Waals surface area contributed by atoms with E-state index in [9.17, 15) is 0 Å². The molecule has 2 heterocycles. The number of aliphatic hydroxyl groups is 1. The molecule has 2 aromatic heterocycles. The zero-order valence-corrected chi connectivity index (χ0v) is 12.0. The molecular formula is C13H13BrN4O. The van der Waals surface area contributed by atoms with Crippen molar-refractivity contribution < 1.29 is 5.11 Å². The summed E-state index contributed by atoms with van der Waals surface area (Å²) < 4.78 is 2.86. The zero-order chi connectivity index (χ0) is 13.4. The first-order valence-corrected chi connectivity index (χ1v) is 6.75. The van der Waals surface area contributed by atoms with Crippen LogP contribution < -0.4 is 0 Å². The first-order valence-electron chi connectivity index (χ1n) is 5.96. The predicted octanol–water partition coefficient (Wildman–Crippen LogP) is 2.26. The van der Waals surface area contributed by atoms with Gasteiger partial charge in [0, 0.05) is 19.0 Å². The number of hydrogen-bond acceptors (Lipinski definition) is 3. The highest BCUT2D eigenvalue weighted by atomic mass is 79.9. The summed E-state index contributed by atoms with van der Waals surface area (Å²) in [5.41, 5.74) is 3.82. The highest BCUT2D eigenvalue weighted by molar-refractivity contribution is 9.10. The first kappa shape index (κ1) is 12.4. The van der Waals surface area contributed by atoms with Crippen LogP contribution in [0.2, 0.25) is 0 Å². The molecule has 98 valence electrons. The van der Waals surface area contributed by atoms with Gasteiger partial charge in [-0.15, -0.1) is 0 Å². The molecule has 19 heavy (non-hydrogen) atoms. The van der Waals surface area contributed by atoms with Gasteiger partial charge in [0.05, 0.1) is 24.0 Å². The number of halogens is 1. The molecule has 5 nitrogen and oxygen atoms in total. The fourth-order valence-electron chi connectivity index (χ4n) is 2.11. The van der Waals surface area contributed by atoms with Gasteiger partial charge < -0.3 is 14.7 Å². The summed E-state index contributed by atoms with van der Waals surface area (Å²) in [6.45, 7) is 0.0936. The topological polar surface area (TPSA) is 66.7 Å². The molecule has 0 aliphatic carbocycles. The average Bonchev–Trinajstić information content (AvgIpc) is 2.98. The fraction of sp³-hybridized carbons (Fsp3) is 0.231. The predicted molar refractivity (Wildman–Crippen MR) is 76.8 cm³/mol.